The molecule has 5 rings (SSSR count). The number of nitrogens with zero attached hydrogens (tertiary/aromatic N) is 4. The second kappa shape index (κ2) is 4.85. The molecule has 124 valence electrons. The van der Waals surface area contributed by atoms with Gasteiger partial charge in [-0.25, -0.2) is 19.3 Å². The Balaban J connectivity index is 1.89. The lowest BCUT2D eigenvalue weighted by Crippen LogP contribution is -2.20. The number of oxazole rings is 1. The molecule has 0 unspecified atom stereocenters. The summed E-state index contributed by atoms with van der Waals surface area (Å²) in [5, 5.41) is 0.525. The average Bonchev–Trinajstić information content (AvgIpc) is 3.31. The third kappa shape index (κ3) is 2.03. The third-order valence-electron chi connectivity index (χ3n) is 4.47. The van der Waals surface area contributed by atoms with Crippen molar-refractivity contribution in [1.82, 2.24) is 19.5 Å². The first-order valence-corrected chi connectivity index (χ1v) is 7.82. The number of pyridine rings is 1. The molecule has 7 nitrogen and oxygen atoms in total. The van der Waals surface area contributed by atoms with Gasteiger partial charge in [-0.2, -0.15) is 0 Å². The Kier molecular flexibility index (Phi) is 2.74. The molecular weight excluding hydrogens is 325 g/mol. The Labute approximate surface area is 139 Å². The maximum absolute atomic E-state index is 14.8. The summed E-state index contributed by atoms with van der Waals surface area (Å²) < 4.78 is 21.8. The summed E-state index contributed by atoms with van der Waals surface area (Å²) in [4.78, 5) is 24.6. The molecule has 0 amide bonds. The standard InChI is InChI=1S/C17H12FN5O2/c18-12-3-11-13(4-10(12)8-5-20-17(19)21-6-8)23(9-1-2-9)16(24)14-15(11)25-7-22-14/h3-7,9H,1-2H2,(H2,19,20,21). The highest BCUT2D eigenvalue weighted by molar-refractivity contribution is 6.02. The first kappa shape index (κ1) is 14.1. The fraction of sp³-hybridized carbons (Fsp3) is 0.176. The van der Waals surface area contributed by atoms with Gasteiger partial charge in [0.2, 0.25) is 5.95 Å². The van der Waals surface area contributed by atoms with Gasteiger partial charge in [0.1, 0.15) is 5.82 Å². The van der Waals surface area contributed by atoms with Gasteiger partial charge in [-0.15, -0.1) is 0 Å². The van der Waals surface area contributed by atoms with Crippen LogP contribution in [-0.4, -0.2) is 19.5 Å². The van der Waals surface area contributed by atoms with Crippen molar-refractivity contribution >= 4 is 28.0 Å². The van der Waals surface area contributed by atoms with E-state index in [1.807, 2.05) is 0 Å². The number of nitrogens with two attached hydrogens (primary N) is 1. The zero-order valence-electron chi connectivity index (χ0n) is 12.9. The SMILES string of the molecule is Nc1ncc(-c2cc3c(cc2F)c2ocnc2c(=O)n3C2CC2)cn1. The van der Waals surface area contributed by atoms with Gasteiger partial charge < -0.3 is 14.7 Å². The summed E-state index contributed by atoms with van der Waals surface area (Å²) in [5.41, 5.74) is 7.21. The van der Waals surface area contributed by atoms with E-state index in [0.29, 0.717) is 27.6 Å². The van der Waals surface area contributed by atoms with Crippen LogP contribution in [0, 0.1) is 5.82 Å². The number of fused-ring (bicyclic) bond motifs is 3. The van der Waals surface area contributed by atoms with Crippen LogP contribution in [0.4, 0.5) is 10.3 Å². The Hall–Kier alpha value is -3.29. The van der Waals surface area contributed by atoms with E-state index in [9.17, 15) is 9.18 Å². The minimum atomic E-state index is -0.459. The van der Waals surface area contributed by atoms with E-state index in [1.54, 1.807) is 10.6 Å². The predicted octanol–water partition coefficient (Wildman–Crippen LogP) is 2.66. The van der Waals surface area contributed by atoms with Gasteiger partial charge in [0.25, 0.3) is 5.56 Å². The van der Waals surface area contributed by atoms with E-state index in [-0.39, 0.29) is 23.1 Å². The topological polar surface area (TPSA) is 99.8 Å². The van der Waals surface area contributed by atoms with Crippen molar-refractivity contribution < 1.29 is 8.81 Å². The molecule has 0 aliphatic heterocycles. The van der Waals surface area contributed by atoms with Crippen molar-refractivity contribution in [1.29, 1.82) is 0 Å². The van der Waals surface area contributed by atoms with Crippen LogP contribution in [-0.2, 0) is 0 Å². The quantitative estimate of drug-likeness (QED) is 0.603. The number of aromatic nitrogens is 4. The normalized spacial score (nSPS) is 14.4. The molecule has 1 fully saturated rings. The zero-order valence-corrected chi connectivity index (χ0v) is 12.9. The van der Waals surface area contributed by atoms with Gasteiger partial charge in [-0.05, 0) is 25.0 Å². The lowest BCUT2D eigenvalue weighted by atomic mass is 10.0. The van der Waals surface area contributed by atoms with Crippen molar-refractivity contribution in [2.24, 2.45) is 0 Å². The summed E-state index contributed by atoms with van der Waals surface area (Å²) >= 11 is 0. The Morgan fingerprint density at radius 1 is 1.20 bits per heavy atom. The molecule has 0 radical (unpaired) electrons. The predicted molar refractivity (Wildman–Crippen MR) is 89.4 cm³/mol. The Morgan fingerprint density at radius 2 is 1.96 bits per heavy atom. The van der Waals surface area contributed by atoms with Crippen molar-refractivity contribution in [3.05, 3.63) is 47.1 Å². The van der Waals surface area contributed by atoms with E-state index in [2.05, 4.69) is 15.0 Å². The van der Waals surface area contributed by atoms with E-state index < -0.39 is 5.82 Å². The van der Waals surface area contributed by atoms with Gasteiger partial charge in [-0.1, -0.05) is 0 Å². The highest BCUT2D eigenvalue weighted by Crippen LogP contribution is 2.38. The van der Waals surface area contributed by atoms with Gasteiger partial charge in [-0.3, -0.25) is 4.79 Å². The maximum atomic E-state index is 14.8. The van der Waals surface area contributed by atoms with Crippen LogP contribution in [0.2, 0.25) is 0 Å². The summed E-state index contributed by atoms with van der Waals surface area (Å²) in [7, 11) is 0. The smallest absolute Gasteiger partial charge is 0.281 e. The van der Waals surface area contributed by atoms with Crippen LogP contribution in [0.1, 0.15) is 18.9 Å². The first-order valence-electron chi connectivity index (χ1n) is 7.82. The summed E-state index contributed by atoms with van der Waals surface area (Å²) in [5.74, 6) is -0.345. The molecule has 3 heterocycles. The second-order valence-corrected chi connectivity index (χ2v) is 6.12. The van der Waals surface area contributed by atoms with E-state index in [1.165, 1.54) is 24.9 Å². The molecule has 0 saturated heterocycles. The Morgan fingerprint density at radius 3 is 2.68 bits per heavy atom. The molecule has 4 aromatic rings. The molecule has 1 aromatic carbocycles. The number of hydrogen-bond donors (Lipinski definition) is 1. The minimum absolute atomic E-state index is 0.108. The lowest BCUT2D eigenvalue weighted by molar-refractivity contribution is 0.603. The zero-order chi connectivity index (χ0) is 17.1. The number of benzene rings is 1. The Bertz CT molecular complexity index is 1190. The van der Waals surface area contributed by atoms with Crippen molar-refractivity contribution in [2.45, 2.75) is 18.9 Å². The number of nitrogen functional groups attached to an aromatic ring is 1. The maximum Gasteiger partial charge on any atom is 0.281 e. The number of hydrogen-bond acceptors (Lipinski definition) is 6. The van der Waals surface area contributed by atoms with Crippen LogP contribution in [0.15, 0.2) is 40.1 Å². The number of halogens is 1. The van der Waals surface area contributed by atoms with Gasteiger partial charge in [0, 0.05) is 34.9 Å². The summed E-state index contributed by atoms with van der Waals surface area (Å²) in [6.07, 6.45) is 5.95. The van der Waals surface area contributed by atoms with E-state index in [0.717, 1.165) is 12.8 Å². The van der Waals surface area contributed by atoms with Gasteiger partial charge >= 0.3 is 0 Å². The molecule has 1 aliphatic rings. The molecular formula is C17H12FN5O2. The highest BCUT2D eigenvalue weighted by Gasteiger charge is 2.29. The van der Waals surface area contributed by atoms with E-state index >= 15 is 0 Å². The monoisotopic (exact) mass is 337 g/mol. The molecule has 1 aliphatic carbocycles. The van der Waals surface area contributed by atoms with Crippen LogP contribution in [0.3, 0.4) is 0 Å². The number of rotatable bonds is 2. The summed E-state index contributed by atoms with van der Waals surface area (Å²) in [6, 6.07) is 3.12. The molecule has 0 spiro atoms. The first-order chi connectivity index (χ1) is 12.1. The van der Waals surface area contributed by atoms with Crippen LogP contribution in [0.25, 0.3) is 33.1 Å². The molecule has 3 aromatic heterocycles. The average molecular weight is 337 g/mol. The lowest BCUT2D eigenvalue weighted by Gasteiger charge is -2.12. The molecule has 1 saturated carbocycles. The van der Waals surface area contributed by atoms with Crippen molar-refractivity contribution in [3.8, 4) is 11.1 Å². The molecule has 25 heavy (non-hydrogen) atoms. The third-order valence-corrected chi connectivity index (χ3v) is 4.47. The van der Waals surface area contributed by atoms with Gasteiger partial charge in [0.15, 0.2) is 17.5 Å². The summed E-state index contributed by atoms with van der Waals surface area (Å²) in [6.45, 7) is 0. The van der Waals surface area contributed by atoms with Crippen molar-refractivity contribution in [2.75, 3.05) is 5.73 Å². The van der Waals surface area contributed by atoms with Crippen molar-refractivity contribution in [3.63, 3.8) is 0 Å². The van der Waals surface area contributed by atoms with E-state index in [4.69, 9.17) is 10.2 Å². The van der Waals surface area contributed by atoms with Gasteiger partial charge in [0.05, 0.1) is 5.52 Å². The van der Waals surface area contributed by atoms with Crippen LogP contribution >= 0.6 is 0 Å². The minimum Gasteiger partial charge on any atom is -0.443 e. The number of anilines is 1. The molecule has 0 bridgehead atoms. The largest absolute Gasteiger partial charge is 0.443 e. The van der Waals surface area contributed by atoms with Crippen LogP contribution < -0.4 is 11.3 Å². The molecule has 8 heteroatoms. The fourth-order valence-corrected chi connectivity index (χ4v) is 3.15. The highest BCUT2D eigenvalue weighted by atomic mass is 19.1. The molecule has 0 atom stereocenters. The second-order valence-electron chi connectivity index (χ2n) is 6.12. The fourth-order valence-electron chi connectivity index (χ4n) is 3.15. The molecule has 2 N–H and O–H groups in total. The van der Waals surface area contributed by atoms with Crippen LogP contribution in [0.5, 0.6) is 0 Å².